The van der Waals surface area contributed by atoms with Crippen LogP contribution in [0.4, 0.5) is 0 Å². The number of aryl methyl sites for hydroxylation is 1. The van der Waals surface area contributed by atoms with Crippen LogP contribution in [0.25, 0.3) is 16.7 Å². The van der Waals surface area contributed by atoms with E-state index in [4.69, 9.17) is 23.2 Å². The van der Waals surface area contributed by atoms with Crippen molar-refractivity contribution in [1.29, 1.82) is 0 Å². The van der Waals surface area contributed by atoms with Crippen molar-refractivity contribution in [3.05, 3.63) is 57.3 Å². The Labute approximate surface area is 141 Å². The lowest BCUT2D eigenvalue weighted by Crippen LogP contribution is -2.03. The van der Waals surface area contributed by atoms with Crippen molar-refractivity contribution in [2.45, 2.75) is 19.2 Å². The lowest BCUT2D eigenvalue weighted by atomic mass is 10.2. The van der Waals surface area contributed by atoms with E-state index in [1.165, 1.54) is 0 Å². The van der Waals surface area contributed by atoms with Crippen LogP contribution in [0.3, 0.4) is 0 Å². The smallest absolute Gasteiger partial charge is 0.132 e. The Bertz CT molecular complexity index is 825. The standard InChI is InChI=1S/C16H13BrCl2N2/c1-9-3-5-12(19)15(7-9)21-14-6-4-11(17)8-13(14)20-16(21)10(2)18/h3-8,10H,1-2H3. The second kappa shape index (κ2) is 5.64. The lowest BCUT2D eigenvalue weighted by Gasteiger charge is -2.13. The minimum Gasteiger partial charge on any atom is -0.294 e. The zero-order valence-electron chi connectivity index (χ0n) is 11.6. The number of halogens is 3. The number of hydrogen-bond donors (Lipinski definition) is 0. The highest BCUT2D eigenvalue weighted by atomic mass is 79.9. The van der Waals surface area contributed by atoms with Gasteiger partial charge < -0.3 is 0 Å². The van der Waals surface area contributed by atoms with Crippen molar-refractivity contribution < 1.29 is 0 Å². The summed E-state index contributed by atoms with van der Waals surface area (Å²) in [6.07, 6.45) is 0. The van der Waals surface area contributed by atoms with Crippen molar-refractivity contribution in [3.63, 3.8) is 0 Å². The molecule has 2 nitrogen and oxygen atoms in total. The van der Waals surface area contributed by atoms with E-state index in [9.17, 15) is 0 Å². The number of alkyl halides is 1. The molecular formula is C16H13BrCl2N2. The largest absolute Gasteiger partial charge is 0.294 e. The van der Waals surface area contributed by atoms with Gasteiger partial charge in [0.25, 0.3) is 0 Å². The predicted octanol–water partition coefficient (Wildman–Crippen LogP) is 6.05. The van der Waals surface area contributed by atoms with Crippen LogP contribution in [0, 0.1) is 6.92 Å². The van der Waals surface area contributed by atoms with E-state index in [1.54, 1.807) is 0 Å². The van der Waals surface area contributed by atoms with E-state index in [0.29, 0.717) is 5.02 Å². The third kappa shape index (κ3) is 2.70. The lowest BCUT2D eigenvalue weighted by molar-refractivity contribution is 0.882. The monoisotopic (exact) mass is 382 g/mol. The van der Waals surface area contributed by atoms with Crippen LogP contribution in [-0.2, 0) is 0 Å². The van der Waals surface area contributed by atoms with Crippen LogP contribution in [0.15, 0.2) is 40.9 Å². The molecule has 0 spiro atoms. The number of benzene rings is 2. The zero-order chi connectivity index (χ0) is 15.1. The van der Waals surface area contributed by atoms with Gasteiger partial charge in [0.05, 0.1) is 27.1 Å². The van der Waals surface area contributed by atoms with E-state index >= 15 is 0 Å². The summed E-state index contributed by atoms with van der Waals surface area (Å²) in [6.45, 7) is 3.96. The first-order chi connectivity index (χ1) is 9.97. The summed E-state index contributed by atoms with van der Waals surface area (Å²) >= 11 is 16.2. The van der Waals surface area contributed by atoms with Crippen LogP contribution in [0.1, 0.15) is 23.7 Å². The molecule has 21 heavy (non-hydrogen) atoms. The minimum absolute atomic E-state index is 0.215. The highest BCUT2D eigenvalue weighted by Gasteiger charge is 2.18. The molecule has 0 N–H and O–H groups in total. The molecule has 0 amide bonds. The van der Waals surface area contributed by atoms with Crippen molar-refractivity contribution in [2.75, 3.05) is 0 Å². The minimum atomic E-state index is -0.215. The van der Waals surface area contributed by atoms with Crippen LogP contribution in [0.2, 0.25) is 5.02 Å². The van der Waals surface area contributed by atoms with Gasteiger partial charge in [0, 0.05) is 4.47 Å². The maximum atomic E-state index is 6.40. The van der Waals surface area contributed by atoms with Gasteiger partial charge in [-0.1, -0.05) is 33.6 Å². The predicted molar refractivity (Wildman–Crippen MR) is 92.8 cm³/mol. The fourth-order valence-corrected chi connectivity index (χ4v) is 3.08. The molecule has 3 rings (SSSR count). The van der Waals surface area contributed by atoms with Crippen molar-refractivity contribution in [3.8, 4) is 5.69 Å². The normalized spacial score (nSPS) is 12.8. The molecule has 3 aromatic rings. The summed E-state index contributed by atoms with van der Waals surface area (Å²) in [4.78, 5) is 4.66. The van der Waals surface area contributed by atoms with Gasteiger partial charge >= 0.3 is 0 Å². The Morgan fingerprint density at radius 3 is 2.67 bits per heavy atom. The van der Waals surface area contributed by atoms with E-state index in [-0.39, 0.29) is 5.38 Å². The molecule has 1 unspecified atom stereocenters. The molecule has 0 bridgehead atoms. The van der Waals surface area contributed by atoms with Gasteiger partial charge in [0.1, 0.15) is 5.82 Å². The van der Waals surface area contributed by atoms with Gasteiger partial charge in [-0.3, -0.25) is 4.57 Å². The first kappa shape index (κ1) is 14.9. The fourth-order valence-electron chi connectivity index (χ4n) is 2.39. The van der Waals surface area contributed by atoms with Gasteiger partial charge in [0.15, 0.2) is 0 Å². The molecule has 0 radical (unpaired) electrons. The quantitative estimate of drug-likeness (QED) is 0.492. The second-order valence-electron chi connectivity index (χ2n) is 5.01. The highest BCUT2D eigenvalue weighted by Crippen LogP contribution is 2.32. The SMILES string of the molecule is Cc1ccc(Cl)c(-n2c(C(C)Cl)nc3cc(Br)ccc32)c1. The molecule has 0 aliphatic rings. The maximum absolute atomic E-state index is 6.40. The number of nitrogens with zero attached hydrogens (tertiary/aromatic N) is 2. The first-order valence-corrected chi connectivity index (χ1v) is 8.16. The number of rotatable bonds is 2. The average Bonchev–Trinajstić information content (AvgIpc) is 2.80. The molecule has 5 heteroatoms. The van der Waals surface area contributed by atoms with Crippen LogP contribution >= 0.6 is 39.1 Å². The molecule has 0 fully saturated rings. The Balaban J connectivity index is 2.39. The van der Waals surface area contributed by atoms with Crippen molar-refractivity contribution in [1.82, 2.24) is 9.55 Å². The Hall–Kier alpha value is -1.03. The van der Waals surface area contributed by atoms with E-state index < -0.39 is 0 Å². The van der Waals surface area contributed by atoms with Crippen LogP contribution < -0.4 is 0 Å². The Morgan fingerprint density at radius 2 is 1.95 bits per heavy atom. The molecular weight excluding hydrogens is 371 g/mol. The van der Waals surface area contributed by atoms with Crippen LogP contribution in [0.5, 0.6) is 0 Å². The maximum Gasteiger partial charge on any atom is 0.132 e. The molecule has 1 aromatic heterocycles. The first-order valence-electron chi connectivity index (χ1n) is 6.56. The third-order valence-corrected chi connectivity index (χ3v) is 4.35. The topological polar surface area (TPSA) is 17.8 Å². The summed E-state index contributed by atoms with van der Waals surface area (Å²) < 4.78 is 3.03. The number of imidazole rings is 1. The molecule has 0 saturated heterocycles. The fraction of sp³-hybridized carbons (Fsp3) is 0.188. The summed E-state index contributed by atoms with van der Waals surface area (Å²) in [5, 5.41) is 0.467. The van der Waals surface area contributed by atoms with E-state index in [2.05, 4.69) is 20.9 Å². The summed E-state index contributed by atoms with van der Waals surface area (Å²) in [6, 6.07) is 11.9. The van der Waals surface area contributed by atoms with Gasteiger partial charge in [-0.05, 0) is 49.7 Å². The Kier molecular flexibility index (Phi) is 4.00. The number of hydrogen-bond acceptors (Lipinski definition) is 1. The molecule has 108 valence electrons. The van der Waals surface area contributed by atoms with E-state index in [0.717, 1.165) is 32.6 Å². The molecule has 1 atom stereocenters. The molecule has 0 aliphatic carbocycles. The molecule has 0 aliphatic heterocycles. The van der Waals surface area contributed by atoms with Gasteiger partial charge in [0.2, 0.25) is 0 Å². The third-order valence-electron chi connectivity index (χ3n) is 3.34. The molecule has 0 saturated carbocycles. The van der Waals surface area contributed by atoms with Crippen LogP contribution in [-0.4, -0.2) is 9.55 Å². The molecule has 2 aromatic carbocycles. The van der Waals surface area contributed by atoms with Gasteiger partial charge in [-0.25, -0.2) is 4.98 Å². The van der Waals surface area contributed by atoms with Gasteiger partial charge in [-0.2, -0.15) is 0 Å². The number of aromatic nitrogens is 2. The summed E-state index contributed by atoms with van der Waals surface area (Å²) in [5.41, 5.74) is 3.93. The summed E-state index contributed by atoms with van der Waals surface area (Å²) in [5.74, 6) is 0.789. The van der Waals surface area contributed by atoms with Crippen molar-refractivity contribution in [2.24, 2.45) is 0 Å². The average molecular weight is 384 g/mol. The van der Waals surface area contributed by atoms with E-state index in [1.807, 2.05) is 54.8 Å². The highest BCUT2D eigenvalue weighted by molar-refractivity contribution is 9.10. The Morgan fingerprint density at radius 1 is 1.19 bits per heavy atom. The van der Waals surface area contributed by atoms with Crippen molar-refractivity contribution >= 4 is 50.2 Å². The molecule has 1 heterocycles. The number of fused-ring (bicyclic) bond motifs is 1. The second-order valence-corrected chi connectivity index (χ2v) is 6.99. The summed E-state index contributed by atoms with van der Waals surface area (Å²) in [7, 11) is 0. The van der Waals surface area contributed by atoms with Gasteiger partial charge in [-0.15, -0.1) is 11.6 Å². The zero-order valence-corrected chi connectivity index (χ0v) is 14.7.